The second-order valence-electron chi connectivity index (χ2n) is 5.65. The van der Waals surface area contributed by atoms with Gasteiger partial charge in [-0.25, -0.2) is 9.97 Å². The Kier molecular flexibility index (Phi) is 5.30. The van der Waals surface area contributed by atoms with Gasteiger partial charge in [-0.2, -0.15) is 0 Å². The molecule has 1 aromatic rings. The first kappa shape index (κ1) is 15.5. The number of nitrogens with zero attached hydrogens (tertiary/aromatic N) is 3. The van der Waals surface area contributed by atoms with Crippen LogP contribution in [0.15, 0.2) is 6.33 Å². The highest BCUT2D eigenvalue weighted by atomic mass is 16.6. The van der Waals surface area contributed by atoms with E-state index in [0.717, 1.165) is 13.0 Å². The molecule has 0 radical (unpaired) electrons. The summed E-state index contributed by atoms with van der Waals surface area (Å²) in [5.41, 5.74) is -0.0587. The van der Waals surface area contributed by atoms with Gasteiger partial charge in [0.1, 0.15) is 6.33 Å². The Bertz CT molecular complexity index is 494. The van der Waals surface area contributed by atoms with Gasteiger partial charge in [0, 0.05) is 13.1 Å². The largest absolute Gasteiger partial charge is 0.364 e. The Hall–Kier alpha value is -1.92. The molecule has 0 saturated heterocycles. The lowest BCUT2D eigenvalue weighted by Gasteiger charge is -2.16. The van der Waals surface area contributed by atoms with Crippen LogP contribution in [0.25, 0.3) is 0 Å². The van der Waals surface area contributed by atoms with Gasteiger partial charge < -0.3 is 10.6 Å². The van der Waals surface area contributed by atoms with Crippen LogP contribution < -0.4 is 10.6 Å². The maximum atomic E-state index is 11.3. The number of aromatic nitrogens is 2. The summed E-state index contributed by atoms with van der Waals surface area (Å²) in [6.45, 7) is 5.62. The molecule has 7 nitrogen and oxygen atoms in total. The van der Waals surface area contributed by atoms with Gasteiger partial charge in [0.05, 0.1) is 4.92 Å². The SMILES string of the molecule is CCCNc1ncnc(NCC2CCCC2C)c1[N+](=O)[O-]. The van der Waals surface area contributed by atoms with Crippen LogP contribution in [-0.2, 0) is 0 Å². The van der Waals surface area contributed by atoms with Crippen molar-refractivity contribution < 1.29 is 4.92 Å². The Labute approximate surface area is 124 Å². The molecule has 1 fully saturated rings. The van der Waals surface area contributed by atoms with E-state index in [9.17, 15) is 10.1 Å². The summed E-state index contributed by atoms with van der Waals surface area (Å²) in [6.07, 6.45) is 5.90. The predicted molar refractivity (Wildman–Crippen MR) is 82.5 cm³/mol. The monoisotopic (exact) mass is 293 g/mol. The van der Waals surface area contributed by atoms with Crippen molar-refractivity contribution in [1.82, 2.24) is 9.97 Å². The molecular weight excluding hydrogens is 270 g/mol. The standard InChI is InChI=1S/C14H23N5O2/c1-3-7-15-13-12(19(20)21)14(18-9-17-13)16-8-11-6-4-5-10(11)2/h9-11H,3-8H2,1-2H3,(H2,15,16,17,18). The smallest absolute Gasteiger partial charge is 0.353 e. The second kappa shape index (κ2) is 7.19. The summed E-state index contributed by atoms with van der Waals surface area (Å²) in [5, 5.41) is 17.5. The lowest BCUT2D eigenvalue weighted by Crippen LogP contribution is -2.18. The number of anilines is 2. The second-order valence-corrected chi connectivity index (χ2v) is 5.65. The summed E-state index contributed by atoms with van der Waals surface area (Å²) in [4.78, 5) is 18.9. The zero-order valence-electron chi connectivity index (χ0n) is 12.6. The molecule has 1 saturated carbocycles. The van der Waals surface area contributed by atoms with Crippen molar-refractivity contribution in [3.05, 3.63) is 16.4 Å². The molecule has 2 unspecified atom stereocenters. The molecule has 0 aromatic carbocycles. The molecule has 0 aliphatic heterocycles. The first-order valence-electron chi connectivity index (χ1n) is 7.60. The Morgan fingerprint density at radius 3 is 2.62 bits per heavy atom. The lowest BCUT2D eigenvalue weighted by molar-refractivity contribution is -0.383. The van der Waals surface area contributed by atoms with E-state index in [0.29, 0.717) is 30.0 Å². The molecule has 7 heteroatoms. The first-order chi connectivity index (χ1) is 10.1. The maximum absolute atomic E-state index is 11.3. The number of nitro groups is 1. The topological polar surface area (TPSA) is 93.0 Å². The highest BCUT2D eigenvalue weighted by Crippen LogP contribution is 2.33. The van der Waals surface area contributed by atoms with E-state index in [2.05, 4.69) is 27.5 Å². The molecule has 0 spiro atoms. The van der Waals surface area contributed by atoms with Crippen LogP contribution in [0, 0.1) is 22.0 Å². The van der Waals surface area contributed by atoms with Crippen LogP contribution in [0.5, 0.6) is 0 Å². The third-order valence-corrected chi connectivity index (χ3v) is 4.12. The van der Waals surface area contributed by atoms with Gasteiger partial charge >= 0.3 is 5.69 Å². The van der Waals surface area contributed by atoms with Crippen molar-refractivity contribution in [3.63, 3.8) is 0 Å². The lowest BCUT2D eigenvalue weighted by atomic mass is 9.98. The van der Waals surface area contributed by atoms with Crippen molar-refractivity contribution in [3.8, 4) is 0 Å². The maximum Gasteiger partial charge on any atom is 0.353 e. The van der Waals surface area contributed by atoms with Crippen LogP contribution >= 0.6 is 0 Å². The van der Waals surface area contributed by atoms with E-state index in [1.165, 1.54) is 25.6 Å². The molecule has 2 atom stereocenters. The average Bonchev–Trinajstić information content (AvgIpc) is 2.87. The Morgan fingerprint density at radius 1 is 1.33 bits per heavy atom. The minimum atomic E-state index is -0.418. The van der Waals surface area contributed by atoms with E-state index in [1.54, 1.807) is 0 Å². The van der Waals surface area contributed by atoms with Crippen molar-refractivity contribution in [2.45, 2.75) is 39.5 Å². The van der Waals surface area contributed by atoms with E-state index in [1.807, 2.05) is 6.92 Å². The molecule has 1 aliphatic carbocycles. The van der Waals surface area contributed by atoms with E-state index in [4.69, 9.17) is 0 Å². The van der Waals surface area contributed by atoms with E-state index >= 15 is 0 Å². The van der Waals surface area contributed by atoms with E-state index < -0.39 is 4.92 Å². The Morgan fingerprint density at radius 2 is 2.05 bits per heavy atom. The summed E-state index contributed by atoms with van der Waals surface area (Å²) in [7, 11) is 0. The van der Waals surface area contributed by atoms with Crippen LogP contribution in [0.4, 0.5) is 17.3 Å². The van der Waals surface area contributed by atoms with Gasteiger partial charge in [-0.3, -0.25) is 10.1 Å². The van der Waals surface area contributed by atoms with Gasteiger partial charge in [-0.15, -0.1) is 0 Å². The molecule has 0 amide bonds. The molecular formula is C14H23N5O2. The van der Waals surface area contributed by atoms with Crippen molar-refractivity contribution in [2.24, 2.45) is 11.8 Å². The van der Waals surface area contributed by atoms with E-state index in [-0.39, 0.29) is 5.69 Å². The predicted octanol–water partition coefficient (Wildman–Crippen LogP) is 3.05. The molecule has 1 aliphatic rings. The quantitative estimate of drug-likeness (QED) is 0.593. The van der Waals surface area contributed by atoms with Crippen LogP contribution in [0.3, 0.4) is 0 Å². The molecule has 0 bridgehead atoms. The number of rotatable bonds is 7. The van der Waals surface area contributed by atoms with Crippen LogP contribution in [0.2, 0.25) is 0 Å². The van der Waals surface area contributed by atoms with Crippen LogP contribution in [-0.4, -0.2) is 28.0 Å². The third-order valence-electron chi connectivity index (χ3n) is 4.12. The van der Waals surface area contributed by atoms with Crippen molar-refractivity contribution in [1.29, 1.82) is 0 Å². The normalized spacial score (nSPS) is 21.2. The molecule has 21 heavy (non-hydrogen) atoms. The third kappa shape index (κ3) is 3.80. The average molecular weight is 293 g/mol. The zero-order valence-corrected chi connectivity index (χ0v) is 12.6. The number of hydrogen-bond acceptors (Lipinski definition) is 6. The van der Waals surface area contributed by atoms with Gasteiger partial charge in [-0.1, -0.05) is 26.7 Å². The fraction of sp³-hybridized carbons (Fsp3) is 0.714. The highest BCUT2D eigenvalue weighted by Gasteiger charge is 2.26. The highest BCUT2D eigenvalue weighted by molar-refractivity contribution is 5.69. The van der Waals surface area contributed by atoms with Gasteiger partial charge in [0.15, 0.2) is 0 Å². The molecule has 1 heterocycles. The summed E-state index contributed by atoms with van der Waals surface area (Å²) in [5.74, 6) is 1.83. The zero-order chi connectivity index (χ0) is 15.2. The first-order valence-corrected chi connectivity index (χ1v) is 7.60. The molecule has 116 valence electrons. The molecule has 2 N–H and O–H groups in total. The number of nitrogens with one attached hydrogen (secondary N) is 2. The van der Waals surface area contributed by atoms with Crippen molar-refractivity contribution in [2.75, 3.05) is 23.7 Å². The minimum absolute atomic E-state index is 0.0587. The fourth-order valence-electron chi connectivity index (χ4n) is 2.81. The van der Waals surface area contributed by atoms with Gasteiger partial charge in [-0.05, 0) is 24.7 Å². The minimum Gasteiger partial charge on any atom is -0.364 e. The Balaban J connectivity index is 2.12. The summed E-state index contributed by atoms with van der Waals surface area (Å²) in [6, 6.07) is 0. The van der Waals surface area contributed by atoms with Gasteiger partial charge in [0.25, 0.3) is 0 Å². The number of hydrogen-bond donors (Lipinski definition) is 2. The fourth-order valence-corrected chi connectivity index (χ4v) is 2.81. The van der Waals surface area contributed by atoms with Crippen molar-refractivity contribution >= 4 is 17.3 Å². The van der Waals surface area contributed by atoms with Crippen LogP contribution in [0.1, 0.15) is 39.5 Å². The summed E-state index contributed by atoms with van der Waals surface area (Å²) < 4.78 is 0. The summed E-state index contributed by atoms with van der Waals surface area (Å²) >= 11 is 0. The molecule has 2 rings (SSSR count). The van der Waals surface area contributed by atoms with Gasteiger partial charge in [0.2, 0.25) is 11.6 Å². The molecule has 1 aromatic heterocycles.